The van der Waals surface area contributed by atoms with Crippen LogP contribution in [0.1, 0.15) is 0 Å². The molecule has 0 amide bonds. The van der Waals surface area contributed by atoms with Gasteiger partial charge in [0.25, 0.3) is 5.95 Å². The zero-order valence-electron chi connectivity index (χ0n) is 11.0. The summed E-state index contributed by atoms with van der Waals surface area (Å²) in [6.07, 6.45) is 3.18. The number of hydrogen-bond donors (Lipinski definition) is 1. The van der Waals surface area contributed by atoms with E-state index in [1.807, 2.05) is 4.58 Å². The third-order valence-electron chi connectivity index (χ3n) is 3.64. The Labute approximate surface area is 110 Å². The lowest BCUT2D eigenvalue weighted by Gasteiger charge is -2.22. The van der Waals surface area contributed by atoms with Crippen LogP contribution in [0.4, 0.5) is 0 Å². The normalized spacial score (nSPS) is 30.9. The van der Waals surface area contributed by atoms with Gasteiger partial charge < -0.3 is 14.6 Å². The average molecular weight is 263 g/mol. The number of nitrogens with zero attached hydrogens (tertiary/aromatic N) is 2. The first kappa shape index (κ1) is 13.1. The maximum atomic E-state index is 12.2. The van der Waals surface area contributed by atoms with E-state index in [1.165, 1.54) is 20.3 Å². The summed E-state index contributed by atoms with van der Waals surface area (Å²) in [5, 5.41) is 19.1. The van der Waals surface area contributed by atoms with Crippen LogP contribution in [-0.4, -0.2) is 49.7 Å². The van der Waals surface area contributed by atoms with Crippen LogP contribution >= 0.6 is 0 Å². The number of hydrogen-bond acceptors (Lipinski definition) is 5. The van der Waals surface area contributed by atoms with Crippen LogP contribution in [-0.2, 0) is 14.3 Å². The average Bonchev–Trinajstić information content (AvgIpc) is 2.90. The van der Waals surface area contributed by atoms with Gasteiger partial charge >= 0.3 is 5.97 Å². The summed E-state index contributed by atoms with van der Waals surface area (Å²) >= 11 is 0. The maximum absolute atomic E-state index is 12.2. The Morgan fingerprint density at radius 2 is 2.26 bits per heavy atom. The lowest BCUT2D eigenvalue weighted by Crippen LogP contribution is -2.38. The van der Waals surface area contributed by atoms with E-state index < -0.39 is 11.4 Å². The monoisotopic (exact) mass is 263 g/mol. The summed E-state index contributed by atoms with van der Waals surface area (Å²) < 4.78 is 11.5. The van der Waals surface area contributed by atoms with Crippen molar-refractivity contribution >= 4 is 12.2 Å². The number of methoxy groups -OCH3 is 2. The lowest BCUT2D eigenvalue weighted by atomic mass is 9.75. The van der Waals surface area contributed by atoms with Crippen molar-refractivity contribution in [2.45, 2.75) is 0 Å². The molecule has 1 aliphatic carbocycles. The minimum atomic E-state index is -1.17. The summed E-state index contributed by atoms with van der Waals surface area (Å²) in [6.45, 7) is 0.509. The van der Waals surface area contributed by atoms with E-state index in [2.05, 4.69) is 6.07 Å². The number of nitriles is 1. The second-order valence-corrected chi connectivity index (χ2v) is 4.62. The Morgan fingerprint density at radius 3 is 2.79 bits per heavy atom. The number of ether oxygens (including phenoxy) is 2. The number of rotatable bonds is 2. The predicted octanol–water partition coefficient (Wildman–Crippen LogP) is 0.368. The molecule has 6 nitrogen and oxygen atoms in total. The van der Waals surface area contributed by atoms with Gasteiger partial charge in [-0.2, -0.15) is 5.26 Å². The van der Waals surface area contributed by atoms with Crippen LogP contribution in [0.2, 0.25) is 0 Å². The topological polar surface area (TPSA) is 82.6 Å². The Morgan fingerprint density at radius 1 is 1.58 bits per heavy atom. The molecule has 0 fully saturated rings. The molecule has 2 atom stereocenters. The smallest absolute Gasteiger partial charge is 0.327 e. The molecule has 1 heterocycles. The number of aliphatic hydroxyl groups excluding tert-OH is 1. The second-order valence-electron chi connectivity index (χ2n) is 4.62. The Kier molecular flexibility index (Phi) is 3.06. The summed E-state index contributed by atoms with van der Waals surface area (Å²) in [7, 11) is 4.39. The zero-order chi connectivity index (χ0) is 14.2. The molecule has 0 spiro atoms. The van der Waals surface area contributed by atoms with E-state index in [0.29, 0.717) is 12.1 Å². The van der Waals surface area contributed by atoms with E-state index in [0.717, 1.165) is 0 Å². The van der Waals surface area contributed by atoms with Crippen molar-refractivity contribution in [2.75, 3.05) is 27.8 Å². The van der Waals surface area contributed by atoms with Crippen molar-refractivity contribution in [1.82, 2.24) is 0 Å². The van der Waals surface area contributed by atoms with Crippen LogP contribution in [0, 0.1) is 22.7 Å². The first-order chi connectivity index (χ1) is 9.01. The van der Waals surface area contributed by atoms with Gasteiger partial charge in [-0.05, 0) is 6.08 Å². The van der Waals surface area contributed by atoms with Gasteiger partial charge in [0.2, 0.25) is 0 Å². The Hall–Kier alpha value is -2.29. The van der Waals surface area contributed by atoms with Gasteiger partial charge in [-0.1, -0.05) is 0 Å². The molecule has 0 radical (unpaired) electrons. The minimum absolute atomic E-state index is 0.271. The molecule has 0 saturated heterocycles. The molecule has 0 bridgehead atoms. The molecule has 2 unspecified atom stereocenters. The van der Waals surface area contributed by atoms with Crippen LogP contribution < -0.4 is 0 Å². The fraction of sp³-hybridized carbons (Fsp3) is 0.462. The van der Waals surface area contributed by atoms with Gasteiger partial charge in [0.15, 0.2) is 18.2 Å². The van der Waals surface area contributed by atoms with Crippen molar-refractivity contribution in [1.29, 1.82) is 5.26 Å². The molecular formula is C13H15N2O4+. The molecule has 0 saturated carbocycles. The van der Waals surface area contributed by atoms with Crippen molar-refractivity contribution in [2.24, 2.45) is 11.3 Å². The van der Waals surface area contributed by atoms with Crippen LogP contribution in [0.5, 0.6) is 0 Å². The Bertz CT molecular complexity index is 568. The molecule has 100 valence electrons. The number of aliphatic hydroxyl groups is 1. The molecule has 1 aliphatic heterocycles. The lowest BCUT2D eigenvalue weighted by molar-refractivity contribution is -0.488. The quantitative estimate of drug-likeness (QED) is 0.442. The molecule has 2 aliphatic rings. The van der Waals surface area contributed by atoms with Gasteiger partial charge in [0.05, 0.1) is 31.8 Å². The molecule has 0 aromatic carbocycles. The highest BCUT2D eigenvalue weighted by atomic mass is 16.6. The van der Waals surface area contributed by atoms with Crippen molar-refractivity contribution in [3.05, 3.63) is 23.2 Å². The van der Waals surface area contributed by atoms with Gasteiger partial charge in [0, 0.05) is 5.57 Å². The SMILES string of the molecule is COC(=O)C12C=[N+](C)CC1C(C#N)=C/C2=C(\O)OC. The number of fused-ring (bicyclic) bond motifs is 1. The summed E-state index contributed by atoms with van der Waals surface area (Å²) in [4.78, 5) is 12.2. The van der Waals surface area contributed by atoms with E-state index in [1.54, 1.807) is 13.3 Å². The van der Waals surface area contributed by atoms with Gasteiger partial charge in [0.1, 0.15) is 7.05 Å². The molecule has 1 N–H and O–H groups in total. The molecular weight excluding hydrogens is 248 g/mol. The summed E-state index contributed by atoms with van der Waals surface area (Å²) in [6, 6.07) is 2.07. The fourth-order valence-electron chi connectivity index (χ4n) is 2.83. The van der Waals surface area contributed by atoms with Crippen LogP contribution in [0.3, 0.4) is 0 Å². The van der Waals surface area contributed by atoms with Gasteiger partial charge in [-0.3, -0.25) is 4.79 Å². The second kappa shape index (κ2) is 4.43. The van der Waals surface area contributed by atoms with Crippen molar-refractivity contribution in [3.63, 3.8) is 0 Å². The standard InChI is InChI=1S/C13H14N2O4/c1-15-6-10-8(5-14)4-9(11(16)18-2)13(10,7-15)12(17)19-3/h4,7,10H,6H2,1-3H3/p+1/b11-9-. The van der Waals surface area contributed by atoms with E-state index in [-0.39, 0.29) is 17.4 Å². The van der Waals surface area contributed by atoms with Crippen LogP contribution in [0.15, 0.2) is 23.2 Å². The molecule has 0 aromatic heterocycles. The highest BCUT2D eigenvalue weighted by molar-refractivity contribution is 6.01. The summed E-state index contributed by atoms with van der Waals surface area (Å²) in [5.41, 5.74) is -0.466. The molecule has 6 heteroatoms. The predicted molar refractivity (Wildman–Crippen MR) is 65.4 cm³/mol. The van der Waals surface area contributed by atoms with E-state index >= 15 is 0 Å². The molecule has 2 rings (SSSR count). The first-order valence-electron chi connectivity index (χ1n) is 5.75. The van der Waals surface area contributed by atoms with E-state index in [9.17, 15) is 15.2 Å². The Balaban J connectivity index is 2.69. The van der Waals surface area contributed by atoms with E-state index in [4.69, 9.17) is 9.47 Å². The fourth-order valence-corrected chi connectivity index (χ4v) is 2.83. The highest BCUT2D eigenvalue weighted by Gasteiger charge is 2.62. The number of carbonyl (C=O) groups is 1. The summed E-state index contributed by atoms with van der Waals surface area (Å²) in [5.74, 6) is -1.24. The molecule has 0 aromatic rings. The van der Waals surface area contributed by atoms with Gasteiger partial charge in [-0.25, -0.2) is 4.58 Å². The van der Waals surface area contributed by atoms with Crippen molar-refractivity contribution < 1.29 is 24.0 Å². The van der Waals surface area contributed by atoms with Crippen molar-refractivity contribution in [3.8, 4) is 6.07 Å². The largest absolute Gasteiger partial charge is 0.481 e. The number of carbonyl (C=O) groups excluding carboxylic acids is 1. The third-order valence-corrected chi connectivity index (χ3v) is 3.64. The maximum Gasteiger partial charge on any atom is 0.327 e. The van der Waals surface area contributed by atoms with Gasteiger partial charge in [-0.15, -0.1) is 0 Å². The highest BCUT2D eigenvalue weighted by Crippen LogP contribution is 2.49. The molecule has 19 heavy (non-hydrogen) atoms. The van der Waals surface area contributed by atoms with Crippen LogP contribution in [0.25, 0.3) is 0 Å². The first-order valence-corrected chi connectivity index (χ1v) is 5.75. The third kappa shape index (κ3) is 1.62. The number of esters is 1. The zero-order valence-corrected chi connectivity index (χ0v) is 11.0. The minimum Gasteiger partial charge on any atom is -0.481 e. The number of allylic oxidation sites excluding steroid dienone is 1.